The summed E-state index contributed by atoms with van der Waals surface area (Å²) in [6, 6.07) is 6.62. The van der Waals surface area contributed by atoms with Gasteiger partial charge < -0.3 is 5.11 Å². The molecular weight excluding hydrogens is 208 g/mol. The van der Waals surface area contributed by atoms with Gasteiger partial charge in [0.25, 0.3) is 0 Å². The summed E-state index contributed by atoms with van der Waals surface area (Å²) < 4.78 is 1.39. The van der Waals surface area contributed by atoms with Gasteiger partial charge in [0.15, 0.2) is 0 Å². The van der Waals surface area contributed by atoms with E-state index >= 15 is 0 Å². The highest BCUT2D eigenvalue weighted by molar-refractivity contribution is 5.98. The van der Waals surface area contributed by atoms with Crippen molar-refractivity contribution in [1.29, 1.82) is 0 Å². The monoisotopic (exact) mass is 216 g/mol. The molecule has 0 fully saturated rings. The van der Waals surface area contributed by atoms with Crippen LogP contribution < -0.4 is 0 Å². The van der Waals surface area contributed by atoms with Gasteiger partial charge in [0.2, 0.25) is 0 Å². The molecule has 0 saturated heterocycles. The molecule has 0 aliphatic carbocycles. The van der Waals surface area contributed by atoms with Crippen molar-refractivity contribution < 1.29 is 9.90 Å². The van der Waals surface area contributed by atoms with E-state index in [4.69, 9.17) is 5.11 Å². The summed E-state index contributed by atoms with van der Waals surface area (Å²) in [6.45, 7) is 0. The largest absolute Gasteiger partial charge is 0.478 e. The van der Waals surface area contributed by atoms with Crippen molar-refractivity contribution in [1.82, 2.24) is 14.9 Å². The summed E-state index contributed by atoms with van der Waals surface area (Å²) in [6.07, 6.45) is 4.28. The number of hydrogen-bond donors (Lipinski definition) is 1. The highest BCUT2D eigenvalue weighted by atomic mass is 16.4. The van der Waals surface area contributed by atoms with E-state index in [0.717, 1.165) is 0 Å². The fourth-order valence-electron chi connectivity index (χ4n) is 1.19. The lowest BCUT2D eigenvalue weighted by atomic mass is 10.1. The Morgan fingerprint density at radius 2 is 2.00 bits per heavy atom. The molecule has 0 spiro atoms. The first kappa shape index (κ1) is 10.0. The number of carboxylic acids is 1. The SMILES string of the molecule is O=C(O)c1ccccc1/C=N/n1cnnc1. The summed E-state index contributed by atoms with van der Waals surface area (Å²) in [5.74, 6) is -0.981. The number of hydrogen-bond acceptors (Lipinski definition) is 4. The second kappa shape index (κ2) is 4.35. The third-order valence-corrected chi connectivity index (χ3v) is 1.93. The molecule has 2 aromatic rings. The van der Waals surface area contributed by atoms with Gasteiger partial charge in [-0.25, -0.2) is 9.47 Å². The van der Waals surface area contributed by atoms with Gasteiger partial charge in [0.05, 0.1) is 11.8 Å². The zero-order chi connectivity index (χ0) is 11.4. The minimum atomic E-state index is -0.981. The molecule has 0 atom stereocenters. The van der Waals surface area contributed by atoms with Crippen molar-refractivity contribution in [3.05, 3.63) is 48.0 Å². The number of nitrogens with zero attached hydrogens (tertiary/aromatic N) is 4. The van der Waals surface area contributed by atoms with Gasteiger partial charge in [-0.3, -0.25) is 0 Å². The molecule has 1 aromatic heterocycles. The van der Waals surface area contributed by atoms with Crippen LogP contribution in [-0.4, -0.2) is 32.2 Å². The van der Waals surface area contributed by atoms with E-state index in [-0.39, 0.29) is 5.56 Å². The molecule has 1 aromatic carbocycles. The molecule has 0 unspecified atom stereocenters. The van der Waals surface area contributed by atoms with Crippen LogP contribution >= 0.6 is 0 Å². The quantitative estimate of drug-likeness (QED) is 0.771. The van der Waals surface area contributed by atoms with E-state index in [9.17, 15) is 4.79 Å². The number of benzene rings is 1. The third kappa shape index (κ3) is 2.11. The van der Waals surface area contributed by atoms with E-state index in [1.54, 1.807) is 18.2 Å². The van der Waals surface area contributed by atoms with E-state index in [1.807, 2.05) is 0 Å². The molecule has 2 rings (SSSR count). The Morgan fingerprint density at radius 3 is 2.69 bits per heavy atom. The first-order valence-electron chi connectivity index (χ1n) is 4.48. The van der Waals surface area contributed by atoms with Gasteiger partial charge in [0.1, 0.15) is 12.7 Å². The predicted octanol–water partition coefficient (Wildman–Crippen LogP) is 0.858. The maximum Gasteiger partial charge on any atom is 0.336 e. The molecule has 0 aliphatic heterocycles. The molecule has 0 aliphatic rings. The van der Waals surface area contributed by atoms with Gasteiger partial charge in [-0.05, 0) is 6.07 Å². The maximum atomic E-state index is 10.9. The number of aromatic carboxylic acids is 1. The van der Waals surface area contributed by atoms with Crippen molar-refractivity contribution in [3.63, 3.8) is 0 Å². The van der Waals surface area contributed by atoms with Crippen LogP contribution in [0.15, 0.2) is 42.0 Å². The van der Waals surface area contributed by atoms with Crippen LogP contribution in [0, 0.1) is 0 Å². The first-order chi connectivity index (χ1) is 7.77. The van der Waals surface area contributed by atoms with Crippen molar-refractivity contribution in [2.45, 2.75) is 0 Å². The second-order valence-electron chi connectivity index (χ2n) is 2.98. The van der Waals surface area contributed by atoms with Crippen LogP contribution in [-0.2, 0) is 0 Å². The van der Waals surface area contributed by atoms with Crippen LogP contribution in [0.5, 0.6) is 0 Å². The number of carboxylic acid groups (broad SMARTS) is 1. The van der Waals surface area contributed by atoms with Crippen LogP contribution in [0.3, 0.4) is 0 Å². The Balaban J connectivity index is 2.31. The van der Waals surface area contributed by atoms with E-state index in [1.165, 1.54) is 29.6 Å². The minimum absolute atomic E-state index is 0.208. The smallest absolute Gasteiger partial charge is 0.336 e. The molecule has 0 saturated carbocycles. The molecule has 0 bridgehead atoms. The van der Waals surface area contributed by atoms with Crippen LogP contribution in [0.25, 0.3) is 0 Å². The Labute approximate surface area is 90.9 Å². The zero-order valence-corrected chi connectivity index (χ0v) is 8.19. The third-order valence-electron chi connectivity index (χ3n) is 1.93. The lowest BCUT2D eigenvalue weighted by Crippen LogP contribution is -2.01. The fraction of sp³-hybridized carbons (Fsp3) is 0. The minimum Gasteiger partial charge on any atom is -0.478 e. The van der Waals surface area contributed by atoms with Crippen molar-refractivity contribution in [3.8, 4) is 0 Å². The standard InChI is InChI=1S/C10H8N4O2/c15-10(16)9-4-2-1-3-8(9)5-13-14-6-11-12-7-14/h1-7H,(H,15,16)/b13-5+. The van der Waals surface area contributed by atoms with Gasteiger partial charge in [0, 0.05) is 5.56 Å². The molecule has 1 heterocycles. The first-order valence-corrected chi connectivity index (χ1v) is 4.48. The highest BCUT2D eigenvalue weighted by Gasteiger charge is 2.06. The molecule has 6 nitrogen and oxygen atoms in total. The summed E-state index contributed by atoms with van der Waals surface area (Å²) >= 11 is 0. The number of carbonyl (C=O) groups is 1. The molecule has 80 valence electrons. The average molecular weight is 216 g/mol. The molecule has 0 amide bonds. The Kier molecular flexibility index (Phi) is 2.73. The van der Waals surface area contributed by atoms with Crippen molar-refractivity contribution >= 4 is 12.2 Å². The van der Waals surface area contributed by atoms with E-state index < -0.39 is 5.97 Å². The Bertz CT molecular complexity index is 519. The average Bonchev–Trinajstić information content (AvgIpc) is 2.79. The zero-order valence-electron chi connectivity index (χ0n) is 8.19. The van der Waals surface area contributed by atoms with Gasteiger partial charge in [-0.2, -0.15) is 5.10 Å². The molecule has 1 N–H and O–H groups in total. The Morgan fingerprint density at radius 1 is 1.31 bits per heavy atom. The van der Waals surface area contributed by atoms with E-state index in [2.05, 4.69) is 15.3 Å². The lowest BCUT2D eigenvalue weighted by molar-refractivity contribution is 0.0697. The van der Waals surface area contributed by atoms with Gasteiger partial charge in [-0.1, -0.05) is 18.2 Å². The summed E-state index contributed by atoms with van der Waals surface area (Å²) in [7, 11) is 0. The number of rotatable bonds is 3. The van der Waals surface area contributed by atoms with Crippen molar-refractivity contribution in [2.24, 2.45) is 5.10 Å². The topological polar surface area (TPSA) is 80.4 Å². The van der Waals surface area contributed by atoms with Gasteiger partial charge >= 0.3 is 5.97 Å². The van der Waals surface area contributed by atoms with Crippen LogP contribution in [0.2, 0.25) is 0 Å². The molecular formula is C10H8N4O2. The van der Waals surface area contributed by atoms with Gasteiger partial charge in [-0.15, -0.1) is 10.2 Å². The fourth-order valence-corrected chi connectivity index (χ4v) is 1.19. The Hall–Kier alpha value is -2.50. The van der Waals surface area contributed by atoms with E-state index in [0.29, 0.717) is 5.56 Å². The lowest BCUT2D eigenvalue weighted by Gasteiger charge is -1.98. The predicted molar refractivity (Wildman–Crippen MR) is 56.4 cm³/mol. The van der Waals surface area contributed by atoms with Crippen molar-refractivity contribution in [2.75, 3.05) is 0 Å². The maximum absolute atomic E-state index is 10.9. The number of aromatic nitrogens is 3. The summed E-state index contributed by atoms with van der Waals surface area (Å²) in [4.78, 5) is 10.9. The molecule has 6 heteroatoms. The normalized spacial score (nSPS) is 10.8. The summed E-state index contributed by atoms with van der Waals surface area (Å²) in [5.41, 5.74) is 0.739. The van der Waals surface area contributed by atoms with Crippen LogP contribution in [0.4, 0.5) is 0 Å². The highest BCUT2D eigenvalue weighted by Crippen LogP contribution is 2.05. The second-order valence-corrected chi connectivity index (χ2v) is 2.98. The molecule has 16 heavy (non-hydrogen) atoms. The molecule has 0 radical (unpaired) electrons. The van der Waals surface area contributed by atoms with Crippen LogP contribution in [0.1, 0.15) is 15.9 Å². The summed E-state index contributed by atoms with van der Waals surface area (Å²) in [5, 5.41) is 20.1.